The molecule has 0 spiro atoms. The first-order valence-corrected chi connectivity index (χ1v) is 5.63. The third-order valence-corrected chi connectivity index (χ3v) is 2.56. The summed E-state index contributed by atoms with van der Waals surface area (Å²) >= 11 is 0. The molecule has 0 amide bonds. The third-order valence-electron chi connectivity index (χ3n) is 2.56. The van der Waals surface area contributed by atoms with Crippen molar-refractivity contribution in [2.45, 2.75) is 6.61 Å². The minimum Gasteiger partial charge on any atom is -0.497 e. The second kappa shape index (κ2) is 5.43. The lowest BCUT2D eigenvalue weighted by atomic mass is 10.2. The Morgan fingerprint density at radius 3 is 2.79 bits per heavy atom. The fourth-order valence-electron chi connectivity index (χ4n) is 1.62. The molecule has 0 fully saturated rings. The summed E-state index contributed by atoms with van der Waals surface area (Å²) < 4.78 is 12.1. The topological polar surface area (TPSA) is 73.6 Å². The van der Waals surface area contributed by atoms with Crippen LogP contribution in [-0.4, -0.2) is 28.0 Å². The number of hydrogen-bond acceptors (Lipinski definition) is 4. The normalized spacial score (nSPS) is 10.2. The summed E-state index contributed by atoms with van der Waals surface area (Å²) in [4.78, 5) is 11.2. The zero-order valence-electron chi connectivity index (χ0n) is 10.7. The van der Waals surface area contributed by atoms with E-state index in [1.807, 2.05) is 6.07 Å². The average Bonchev–Trinajstić information content (AvgIpc) is 2.82. The van der Waals surface area contributed by atoms with Gasteiger partial charge in [-0.2, -0.15) is 5.10 Å². The smallest absolute Gasteiger partial charge is 0.339 e. The molecule has 2 aromatic rings. The maximum atomic E-state index is 11.2. The number of aromatic carboxylic acids is 1. The number of aromatic nitrogens is 2. The van der Waals surface area contributed by atoms with E-state index in [1.165, 1.54) is 13.2 Å². The van der Waals surface area contributed by atoms with Crippen molar-refractivity contribution in [2.75, 3.05) is 7.11 Å². The quantitative estimate of drug-likeness (QED) is 0.887. The number of benzene rings is 1. The van der Waals surface area contributed by atoms with Crippen molar-refractivity contribution in [3.63, 3.8) is 0 Å². The lowest BCUT2D eigenvalue weighted by molar-refractivity contribution is 0.0691. The first kappa shape index (κ1) is 12.9. The molecule has 0 aliphatic rings. The van der Waals surface area contributed by atoms with Crippen LogP contribution in [0.2, 0.25) is 0 Å². The maximum Gasteiger partial charge on any atom is 0.339 e. The monoisotopic (exact) mass is 262 g/mol. The molecular weight excluding hydrogens is 248 g/mol. The Hall–Kier alpha value is -2.50. The molecule has 0 aliphatic heterocycles. The first-order chi connectivity index (χ1) is 9.10. The largest absolute Gasteiger partial charge is 0.497 e. The highest BCUT2D eigenvalue weighted by atomic mass is 16.5. The van der Waals surface area contributed by atoms with Gasteiger partial charge in [-0.05, 0) is 24.3 Å². The van der Waals surface area contributed by atoms with Crippen molar-refractivity contribution in [1.82, 2.24) is 9.78 Å². The van der Waals surface area contributed by atoms with E-state index in [-0.39, 0.29) is 12.2 Å². The van der Waals surface area contributed by atoms with Crippen LogP contribution in [0, 0.1) is 0 Å². The van der Waals surface area contributed by atoms with Gasteiger partial charge in [-0.25, -0.2) is 4.79 Å². The average molecular weight is 262 g/mol. The molecule has 0 radical (unpaired) electrons. The highest BCUT2D eigenvalue weighted by Crippen LogP contribution is 2.24. The number of ether oxygens (including phenoxy) is 2. The molecule has 1 N–H and O–H groups in total. The van der Waals surface area contributed by atoms with Crippen LogP contribution >= 0.6 is 0 Å². The Morgan fingerprint density at radius 1 is 1.42 bits per heavy atom. The molecule has 6 heteroatoms. The molecule has 0 saturated heterocycles. The van der Waals surface area contributed by atoms with Gasteiger partial charge >= 0.3 is 5.97 Å². The van der Waals surface area contributed by atoms with Gasteiger partial charge in [0, 0.05) is 13.2 Å². The van der Waals surface area contributed by atoms with Crippen molar-refractivity contribution in [3.05, 3.63) is 41.7 Å². The second-order valence-electron chi connectivity index (χ2n) is 3.94. The van der Waals surface area contributed by atoms with Crippen LogP contribution in [-0.2, 0) is 13.7 Å². The molecule has 1 aromatic heterocycles. The van der Waals surface area contributed by atoms with Gasteiger partial charge in [0.1, 0.15) is 23.7 Å². The Labute approximate surface area is 110 Å². The molecule has 19 heavy (non-hydrogen) atoms. The summed E-state index contributed by atoms with van der Waals surface area (Å²) in [5.41, 5.74) is 0.796. The van der Waals surface area contributed by atoms with Crippen LogP contribution in [0.3, 0.4) is 0 Å². The van der Waals surface area contributed by atoms with E-state index in [9.17, 15) is 4.79 Å². The fraction of sp³-hybridized carbons (Fsp3) is 0.231. The standard InChI is InChI=1S/C13H14N2O4/c1-15-6-5-9(14-15)8-19-12-4-3-10(18-2)7-11(12)13(16)17/h3-7H,8H2,1-2H3,(H,16,17). The van der Waals surface area contributed by atoms with Crippen LogP contribution in [0.15, 0.2) is 30.5 Å². The predicted octanol–water partition coefficient (Wildman–Crippen LogP) is 1.71. The van der Waals surface area contributed by atoms with Crippen LogP contribution < -0.4 is 9.47 Å². The van der Waals surface area contributed by atoms with Crippen LogP contribution in [0.5, 0.6) is 11.5 Å². The van der Waals surface area contributed by atoms with E-state index >= 15 is 0 Å². The summed E-state index contributed by atoms with van der Waals surface area (Å²) in [6.45, 7) is 0.216. The van der Waals surface area contributed by atoms with Gasteiger partial charge in [0.05, 0.1) is 12.8 Å². The molecule has 0 aliphatic carbocycles. The summed E-state index contributed by atoms with van der Waals surface area (Å²) in [7, 11) is 3.29. The Morgan fingerprint density at radius 2 is 2.21 bits per heavy atom. The molecule has 100 valence electrons. The van der Waals surface area contributed by atoms with Gasteiger partial charge in [0.15, 0.2) is 0 Å². The Bertz CT molecular complexity index is 592. The molecule has 1 aromatic carbocycles. The third kappa shape index (κ3) is 3.04. The van der Waals surface area contributed by atoms with Gasteiger partial charge in [-0.15, -0.1) is 0 Å². The zero-order chi connectivity index (χ0) is 13.8. The second-order valence-corrected chi connectivity index (χ2v) is 3.94. The van der Waals surface area contributed by atoms with Gasteiger partial charge in [-0.1, -0.05) is 0 Å². The van der Waals surface area contributed by atoms with Gasteiger partial charge < -0.3 is 14.6 Å². The molecule has 0 bridgehead atoms. The number of aryl methyl sites for hydroxylation is 1. The van der Waals surface area contributed by atoms with Crippen molar-refractivity contribution in [3.8, 4) is 11.5 Å². The van der Waals surface area contributed by atoms with E-state index in [4.69, 9.17) is 14.6 Å². The molecule has 0 atom stereocenters. The summed E-state index contributed by atoms with van der Waals surface area (Å²) in [6, 6.07) is 6.46. The van der Waals surface area contributed by atoms with Gasteiger partial charge in [-0.3, -0.25) is 4.68 Å². The summed E-state index contributed by atoms with van der Waals surface area (Å²) in [6.07, 6.45) is 1.80. The number of hydrogen-bond donors (Lipinski definition) is 1. The number of carbonyl (C=O) groups is 1. The lowest BCUT2D eigenvalue weighted by Gasteiger charge is -2.09. The Balaban J connectivity index is 2.17. The first-order valence-electron chi connectivity index (χ1n) is 5.63. The highest BCUT2D eigenvalue weighted by molar-refractivity contribution is 5.91. The lowest BCUT2D eigenvalue weighted by Crippen LogP contribution is -2.04. The molecule has 6 nitrogen and oxygen atoms in total. The Kier molecular flexibility index (Phi) is 3.70. The molecule has 2 rings (SSSR count). The maximum absolute atomic E-state index is 11.2. The minimum absolute atomic E-state index is 0.0651. The SMILES string of the molecule is COc1ccc(OCc2ccn(C)n2)c(C(=O)O)c1. The van der Waals surface area contributed by atoms with Crippen LogP contribution in [0.4, 0.5) is 0 Å². The van der Waals surface area contributed by atoms with E-state index in [1.54, 1.807) is 30.1 Å². The zero-order valence-corrected chi connectivity index (χ0v) is 10.7. The molecule has 0 unspecified atom stereocenters. The number of rotatable bonds is 5. The van der Waals surface area contributed by atoms with Crippen LogP contribution in [0.1, 0.15) is 16.1 Å². The summed E-state index contributed by atoms with van der Waals surface area (Å²) in [5, 5.41) is 13.3. The van der Waals surface area contributed by atoms with E-state index in [0.717, 1.165) is 5.69 Å². The fourth-order valence-corrected chi connectivity index (χ4v) is 1.62. The van der Waals surface area contributed by atoms with Crippen molar-refractivity contribution in [2.24, 2.45) is 7.05 Å². The van der Waals surface area contributed by atoms with E-state index in [0.29, 0.717) is 11.5 Å². The van der Waals surface area contributed by atoms with E-state index < -0.39 is 5.97 Å². The minimum atomic E-state index is -1.06. The van der Waals surface area contributed by atoms with Gasteiger partial charge in [0.25, 0.3) is 0 Å². The number of nitrogens with zero attached hydrogens (tertiary/aromatic N) is 2. The number of carboxylic acid groups (broad SMARTS) is 1. The molecule has 1 heterocycles. The summed E-state index contributed by atoms with van der Waals surface area (Å²) in [5.74, 6) is -0.295. The predicted molar refractivity (Wildman–Crippen MR) is 67.5 cm³/mol. The van der Waals surface area contributed by atoms with Crippen molar-refractivity contribution in [1.29, 1.82) is 0 Å². The number of carboxylic acids is 1. The molecular formula is C13H14N2O4. The highest BCUT2D eigenvalue weighted by Gasteiger charge is 2.13. The molecule has 0 saturated carbocycles. The van der Waals surface area contributed by atoms with Crippen molar-refractivity contribution < 1.29 is 19.4 Å². The van der Waals surface area contributed by atoms with E-state index in [2.05, 4.69) is 5.10 Å². The van der Waals surface area contributed by atoms with Crippen LogP contribution in [0.25, 0.3) is 0 Å². The number of methoxy groups -OCH3 is 1. The van der Waals surface area contributed by atoms with Gasteiger partial charge in [0.2, 0.25) is 0 Å². The van der Waals surface area contributed by atoms with Crippen molar-refractivity contribution >= 4 is 5.97 Å².